The van der Waals surface area contributed by atoms with E-state index in [2.05, 4.69) is 32.3 Å². The smallest absolute Gasteiger partial charge is 0.234 e. The third-order valence-electron chi connectivity index (χ3n) is 4.38. The number of H-pyrrole nitrogens is 1. The molecule has 1 amide bonds. The number of amides is 1. The van der Waals surface area contributed by atoms with Crippen LogP contribution >= 0.6 is 23.4 Å². The molecule has 0 saturated carbocycles. The maximum absolute atomic E-state index is 12.2. The molecule has 0 radical (unpaired) electrons. The van der Waals surface area contributed by atoms with Crippen LogP contribution in [0.5, 0.6) is 0 Å². The van der Waals surface area contributed by atoms with Crippen LogP contribution in [0, 0.1) is 0 Å². The number of benzene rings is 2. The number of carbonyl (C=O) groups excluding carboxylic acids is 1. The predicted molar refractivity (Wildman–Crippen MR) is 108 cm³/mol. The number of hydrogen-bond acceptors (Lipinski definition) is 4. The van der Waals surface area contributed by atoms with E-state index in [1.165, 1.54) is 30.3 Å². The van der Waals surface area contributed by atoms with E-state index in [1.54, 1.807) is 6.07 Å². The van der Waals surface area contributed by atoms with Crippen LogP contribution in [0.25, 0.3) is 11.0 Å². The third-order valence-corrected chi connectivity index (χ3v) is 5.49. The quantitative estimate of drug-likeness (QED) is 0.631. The van der Waals surface area contributed by atoms with Crippen molar-refractivity contribution in [3.63, 3.8) is 0 Å². The summed E-state index contributed by atoms with van der Waals surface area (Å²) in [6, 6.07) is 13.5. The minimum Gasteiger partial charge on any atom is -0.372 e. The van der Waals surface area contributed by atoms with Crippen molar-refractivity contribution < 1.29 is 4.79 Å². The molecule has 7 heteroatoms. The molecular weight excluding hydrogens is 368 g/mol. The minimum absolute atomic E-state index is 0.0533. The zero-order chi connectivity index (χ0) is 17.9. The highest BCUT2D eigenvalue weighted by Gasteiger charge is 2.12. The fourth-order valence-electron chi connectivity index (χ4n) is 3.09. The molecule has 0 unspecified atom stereocenters. The largest absolute Gasteiger partial charge is 0.372 e. The molecular formula is C19H19ClN4OS. The molecule has 3 aromatic rings. The van der Waals surface area contributed by atoms with Crippen molar-refractivity contribution in [3.8, 4) is 0 Å². The number of halogens is 1. The van der Waals surface area contributed by atoms with Gasteiger partial charge in [-0.15, -0.1) is 0 Å². The number of rotatable bonds is 5. The number of anilines is 2. The fourth-order valence-corrected chi connectivity index (χ4v) is 3.95. The van der Waals surface area contributed by atoms with Crippen LogP contribution in [0.4, 0.5) is 11.4 Å². The number of fused-ring (bicyclic) bond motifs is 1. The predicted octanol–water partition coefficient (Wildman–Crippen LogP) is 4.55. The normalized spacial score (nSPS) is 14.1. The first kappa shape index (κ1) is 17.2. The Balaban J connectivity index is 1.33. The number of nitrogens with one attached hydrogen (secondary N) is 2. The lowest BCUT2D eigenvalue weighted by atomic mass is 10.2. The fraction of sp³-hybridized carbons (Fsp3) is 0.263. The van der Waals surface area contributed by atoms with Gasteiger partial charge >= 0.3 is 0 Å². The van der Waals surface area contributed by atoms with Crippen molar-refractivity contribution in [2.24, 2.45) is 0 Å². The first-order chi connectivity index (χ1) is 12.7. The molecule has 0 atom stereocenters. The van der Waals surface area contributed by atoms with Crippen LogP contribution in [0.2, 0.25) is 5.02 Å². The average molecular weight is 387 g/mol. The summed E-state index contributed by atoms with van der Waals surface area (Å²) >= 11 is 7.35. The van der Waals surface area contributed by atoms with E-state index in [0.29, 0.717) is 15.9 Å². The van der Waals surface area contributed by atoms with Crippen molar-refractivity contribution >= 4 is 51.7 Å². The van der Waals surface area contributed by atoms with Gasteiger partial charge in [0.05, 0.1) is 16.8 Å². The Morgan fingerprint density at radius 2 is 1.96 bits per heavy atom. The molecule has 2 N–H and O–H groups in total. The molecule has 0 spiro atoms. The zero-order valence-electron chi connectivity index (χ0n) is 14.2. The SMILES string of the molecule is O=C(CSc1nc2ccc(Cl)cc2[nH]1)Nc1ccc(N2CCCC2)cc1. The summed E-state index contributed by atoms with van der Waals surface area (Å²) in [6.45, 7) is 2.23. The maximum Gasteiger partial charge on any atom is 0.234 e. The van der Waals surface area contributed by atoms with Gasteiger partial charge in [0.15, 0.2) is 5.16 Å². The Morgan fingerprint density at radius 3 is 2.73 bits per heavy atom. The number of nitrogens with zero attached hydrogens (tertiary/aromatic N) is 2. The topological polar surface area (TPSA) is 61.0 Å². The highest BCUT2D eigenvalue weighted by Crippen LogP contribution is 2.24. The Morgan fingerprint density at radius 1 is 1.19 bits per heavy atom. The first-order valence-corrected chi connectivity index (χ1v) is 9.97. The van der Waals surface area contributed by atoms with Crippen LogP contribution in [-0.2, 0) is 4.79 Å². The highest BCUT2D eigenvalue weighted by molar-refractivity contribution is 7.99. The zero-order valence-corrected chi connectivity index (χ0v) is 15.7. The van der Waals surface area contributed by atoms with Crippen LogP contribution in [0.1, 0.15) is 12.8 Å². The lowest BCUT2D eigenvalue weighted by Crippen LogP contribution is -2.18. The van der Waals surface area contributed by atoms with Gasteiger partial charge in [-0.25, -0.2) is 4.98 Å². The molecule has 26 heavy (non-hydrogen) atoms. The highest BCUT2D eigenvalue weighted by atomic mass is 35.5. The monoisotopic (exact) mass is 386 g/mol. The van der Waals surface area contributed by atoms with Crippen LogP contribution in [0.15, 0.2) is 47.6 Å². The molecule has 0 aliphatic carbocycles. The van der Waals surface area contributed by atoms with Crippen LogP contribution < -0.4 is 10.2 Å². The van der Waals surface area contributed by atoms with Gasteiger partial charge in [-0.1, -0.05) is 23.4 Å². The third kappa shape index (κ3) is 3.97. The minimum atomic E-state index is -0.0533. The van der Waals surface area contributed by atoms with Gasteiger partial charge in [0.1, 0.15) is 0 Å². The van der Waals surface area contributed by atoms with E-state index in [4.69, 9.17) is 11.6 Å². The molecule has 1 fully saturated rings. The van der Waals surface area contributed by atoms with E-state index >= 15 is 0 Å². The molecule has 2 heterocycles. The van der Waals surface area contributed by atoms with Crippen LogP contribution in [0.3, 0.4) is 0 Å². The van der Waals surface area contributed by atoms with Gasteiger partial charge in [-0.2, -0.15) is 0 Å². The van der Waals surface area contributed by atoms with Crippen LogP contribution in [-0.4, -0.2) is 34.7 Å². The summed E-state index contributed by atoms with van der Waals surface area (Å²) in [5, 5.41) is 4.30. The van der Waals surface area contributed by atoms with Crippen molar-refractivity contribution in [2.45, 2.75) is 18.0 Å². The lowest BCUT2D eigenvalue weighted by Gasteiger charge is -2.17. The Hall–Kier alpha value is -2.18. The number of imidazole rings is 1. The summed E-state index contributed by atoms with van der Waals surface area (Å²) in [6.07, 6.45) is 2.51. The Labute approximate surface area is 161 Å². The van der Waals surface area contributed by atoms with E-state index in [-0.39, 0.29) is 5.91 Å². The van der Waals surface area contributed by atoms with E-state index < -0.39 is 0 Å². The second kappa shape index (κ2) is 7.60. The summed E-state index contributed by atoms with van der Waals surface area (Å²) in [5.41, 5.74) is 3.75. The number of carbonyl (C=O) groups is 1. The molecule has 0 bridgehead atoms. The van der Waals surface area contributed by atoms with Gasteiger partial charge in [0.2, 0.25) is 5.91 Å². The molecule has 2 aromatic carbocycles. The molecule has 1 saturated heterocycles. The van der Waals surface area contributed by atoms with Gasteiger partial charge in [0, 0.05) is 29.5 Å². The summed E-state index contributed by atoms with van der Waals surface area (Å²) in [4.78, 5) is 22.2. The van der Waals surface area contributed by atoms with E-state index in [0.717, 1.165) is 29.8 Å². The second-order valence-electron chi connectivity index (χ2n) is 6.28. The number of aromatic amines is 1. The first-order valence-electron chi connectivity index (χ1n) is 8.60. The Bertz CT molecular complexity index is 919. The number of thioether (sulfide) groups is 1. The standard InChI is InChI=1S/C19H19ClN4OS/c20-13-3-8-16-17(11-13)23-19(22-16)26-12-18(25)21-14-4-6-15(7-5-14)24-9-1-2-10-24/h3-8,11H,1-2,9-10,12H2,(H,21,25)(H,22,23). The molecule has 1 aliphatic heterocycles. The summed E-state index contributed by atoms with van der Waals surface area (Å²) < 4.78 is 0. The average Bonchev–Trinajstić information content (AvgIpc) is 3.30. The number of hydrogen-bond donors (Lipinski definition) is 2. The van der Waals surface area contributed by atoms with Gasteiger partial charge in [-0.05, 0) is 55.3 Å². The van der Waals surface area contributed by atoms with Gasteiger partial charge < -0.3 is 15.2 Å². The molecule has 5 nitrogen and oxygen atoms in total. The molecule has 134 valence electrons. The maximum atomic E-state index is 12.2. The molecule has 4 rings (SSSR count). The van der Waals surface area contributed by atoms with Gasteiger partial charge in [0.25, 0.3) is 0 Å². The second-order valence-corrected chi connectivity index (χ2v) is 7.68. The number of aromatic nitrogens is 2. The van der Waals surface area contributed by atoms with Crippen molar-refractivity contribution in [1.82, 2.24) is 9.97 Å². The summed E-state index contributed by atoms with van der Waals surface area (Å²) in [7, 11) is 0. The van der Waals surface area contributed by atoms with Crippen molar-refractivity contribution in [3.05, 3.63) is 47.5 Å². The van der Waals surface area contributed by atoms with Crippen molar-refractivity contribution in [1.29, 1.82) is 0 Å². The molecule has 1 aromatic heterocycles. The van der Waals surface area contributed by atoms with Crippen molar-refractivity contribution in [2.75, 3.05) is 29.1 Å². The lowest BCUT2D eigenvalue weighted by molar-refractivity contribution is -0.113. The molecule has 1 aliphatic rings. The Kier molecular flexibility index (Phi) is 5.04. The van der Waals surface area contributed by atoms with E-state index in [9.17, 15) is 4.79 Å². The van der Waals surface area contributed by atoms with Gasteiger partial charge in [-0.3, -0.25) is 4.79 Å². The summed E-state index contributed by atoms with van der Waals surface area (Å²) in [5.74, 6) is 0.240. The van der Waals surface area contributed by atoms with E-state index in [1.807, 2.05) is 24.3 Å².